The van der Waals surface area contributed by atoms with E-state index in [1.807, 2.05) is 12.3 Å². The molecule has 1 aliphatic rings. The molecule has 0 saturated carbocycles. The van der Waals surface area contributed by atoms with Gasteiger partial charge in [-0.3, -0.25) is 0 Å². The highest BCUT2D eigenvalue weighted by molar-refractivity contribution is 5.59. The molecule has 0 fully saturated rings. The lowest BCUT2D eigenvalue weighted by Gasteiger charge is -2.16. The summed E-state index contributed by atoms with van der Waals surface area (Å²) in [5.41, 5.74) is 2.44. The molecule has 0 spiro atoms. The molecule has 0 atom stereocenters. The molecule has 0 bridgehead atoms. The number of fused-ring (bicyclic) bond motifs is 1. The summed E-state index contributed by atoms with van der Waals surface area (Å²) in [6, 6.07) is 10.4. The van der Waals surface area contributed by atoms with Crippen LogP contribution in [0.25, 0.3) is 11.3 Å². The van der Waals surface area contributed by atoms with E-state index in [0.717, 1.165) is 25.5 Å². The molecular formula is C12H12N3. The first-order valence-corrected chi connectivity index (χ1v) is 5.18. The number of nitrogens with zero attached hydrogens (tertiary/aromatic N) is 3. The summed E-state index contributed by atoms with van der Waals surface area (Å²) in [6.07, 6.45) is 1.95. The molecule has 0 saturated heterocycles. The highest BCUT2D eigenvalue weighted by Crippen LogP contribution is 2.21. The number of imidazole rings is 1. The maximum atomic E-state index is 4.40. The van der Waals surface area contributed by atoms with Crippen LogP contribution in [0.1, 0.15) is 5.82 Å². The SMILES string of the molecule is c1ccc(-c2cnc3n2CC[N]C3)cc1. The first-order valence-electron chi connectivity index (χ1n) is 5.18. The lowest BCUT2D eigenvalue weighted by atomic mass is 10.1. The molecule has 2 aromatic rings. The zero-order chi connectivity index (χ0) is 10.1. The van der Waals surface area contributed by atoms with Gasteiger partial charge in [-0.25, -0.2) is 10.3 Å². The van der Waals surface area contributed by atoms with E-state index in [1.165, 1.54) is 11.3 Å². The molecule has 0 aliphatic carbocycles. The largest absolute Gasteiger partial charge is 0.326 e. The first kappa shape index (κ1) is 8.68. The minimum absolute atomic E-state index is 0.757. The van der Waals surface area contributed by atoms with Gasteiger partial charge < -0.3 is 4.57 Å². The second-order valence-electron chi connectivity index (χ2n) is 3.68. The molecule has 15 heavy (non-hydrogen) atoms. The Hall–Kier alpha value is -1.61. The summed E-state index contributed by atoms with van der Waals surface area (Å²) in [4.78, 5) is 4.40. The quantitative estimate of drug-likeness (QED) is 0.686. The van der Waals surface area contributed by atoms with E-state index in [9.17, 15) is 0 Å². The van der Waals surface area contributed by atoms with E-state index in [0.29, 0.717) is 0 Å². The number of rotatable bonds is 1. The van der Waals surface area contributed by atoms with Gasteiger partial charge in [-0.2, -0.15) is 0 Å². The van der Waals surface area contributed by atoms with Crippen molar-refractivity contribution in [2.24, 2.45) is 0 Å². The van der Waals surface area contributed by atoms with Crippen LogP contribution in [-0.2, 0) is 13.1 Å². The van der Waals surface area contributed by atoms with Gasteiger partial charge in [0.1, 0.15) is 5.82 Å². The fraction of sp³-hybridized carbons (Fsp3) is 0.250. The fourth-order valence-electron chi connectivity index (χ4n) is 1.98. The molecule has 75 valence electrons. The fourth-order valence-corrected chi connectivity index (χ4v) is 1.98. The van der Waals surface area contributed by atoms with Crippen LogP contribution in [0.5, 0.6) is 0 Å². The Morgan fingerprint density at radius 3 is 2.87 bits per heavy atom. The van der Waals surface area contributed by atoms with Gasteiger partial charge in [0, 0.05) is 13.1 Å². The van der Waals surface area contributed by atoms with E-state index in [1.54, 1.807) is 0 Å². The van der Waals surface area contributed by atoms with Crippen molar-refractivity contribution in [1.29, 1.82) is 0 Å². The monoisotopic (exact) mass is 198 g/mol. The van der Waals surface area contributed by atoms with E-state index in [-0.39, 0.29) is 0 Å². The molecule has 1 radical (unpaired) electrons. The molecular weight excluding hydrogens is 186 g/mol. The average Bonchev–Trinajstić information content (AvgIpc) is 2.74. The van der Waals surface area contributed by atoms with E-state index >= 15 is 0 Å². The molecule has 3 heteroatoms. The van der Waals surface area contributed by atoms with Crippen LogP contribution in [0.2, 0.25) is 0 Å². The van der Waals surface area contributed by atoms with E-state index in [2.05, 4.69) is 39.1 Å². The average molecular weight is 198 g/mol. The Morgan fingerprint density at radius 1 is 1.13 bits per heavy atom. The third-order valence-corrected chi connectivity index (χ3v) is 2.74. The van der Waals surface area contributed by atoms with Crippen LogP contribution in [-0.4, -0.2) is 16.1 Å². The van der Waals surface area contributed by atoms with E-state index in [4.69, 9.17) is 0 Å². The molecule has 0 unspecified atom stereocenters. The van der Waals surface area contributed by atoms with Gasteiger partial charge in [-0.05, 0) is 5.56 Å². The van der Waals surface area contributed by atoms with Gasteiger partial charge in [-0.1, -0.05) is 30.3 Å². The van der Waals surface area contributed by atoms with Crippen molar-refractivity contribution in [3.8, 4) is 11.3 Å². The Balaban J connectivity index is 2.09. The minimum Gasteiger partial charge on any atom is -0.326 e. The molecule has 3 nitrogen and oxygen atoms in total. The highest BCUT2D eigenvalue weighted by atomic mass is 15.2. The van der Waals surface area contributed by atoms with Gasteiger partial charge in [-0.15, -0.1) is 0 Å². The number of benzene rings is 1. The minimum atomic E-state index is 0.757. The van der Waals surface area contributed by atoms with Crippen molar-refractivity contribution in [1.82, 2.24) is 14.9 Å². The van der Waals surface area contributed by atoms with Gasteiger partial charge in [0.05, 0.1) is 18.4 Å². The smallest absolute Gasteiger partial charge is 0.124 e. The standard InChI is InChI=1S/C12H12N3/c1-2-4-10(5-3-1)11-8-14-12-9-13-6-7-15(11)12/h1-5,8H,6-7,9H2. The van der Waals surface area contributed by atoms with Gasteiger partial charge >= 0.3 is 0 Å². The highest BCUT2D eigenvalue weighted by Gasteiger charge is 2.14. The van der Waals surface area contributed by atoms with Crippen molar-refractivity contribution in [2.45, 2.75) is 13.1 Å². The summed E-state index contributed by atoms with van der Waals surface area (Å²) in [6.45, 7) is 2.62. The number of aromatic nitrogens is 2. The lowest BCUT2D eigenvalue weighted by molar-refractivity contribution is 0.500. The third-order valence-electron chi connectivity index (χ3n) is 2.74. The second kappa shape index (κ2) is 3.51. The Kier molecular flexibility index (Phi) is 2.03. The second-order valence-corrected chi connectivity index (χ2v) is 3.68. The molecule has 1 aromatic heterocycles. The van der Waals surface area contributed by atoms with Crippen molar-refractivity contribution in [2.75, 3.05) is 6.54 Å². The Bertz CT molecular complexity index is 459. The normalized spacial score (nSPS) is 14.9. The molecule has 0 amide bonds. The predicted molar refractivity (Wildman–Crippen MR) is 58.4 cm³/mol. The van der Waals surface area contributed by atoms with Crippen molar-refractivity contribution in [3.63, 3.8) is 0 Å². The Morgan fingerprint density at radius 2 is 2.00 bits per heavy atom. The zero-order valence-electron chi connectivity index (χ0n) is 8.43. The predicted octanol–water partition coefficient (Wildman–Crippen LogP) is 1.67. The van der Waals surface area contributed by atoms with Crippen LogP contribution >= 0.6 is 0 Å². The summed E-state index contributed by atoms with van der Waals surface area (Å²) < 4.78 is 2.27. The zero-order valence-corrected chi connectivity index (χ0v) is 8.43. The van der Waals surface area contributed by atoms with Crippen LogP contribution in [0, 0.1) is 0 Å². The van der Waals surface area contributed by atoms with Gasteiger partial charge in [0.25, 0.3) is 0 Å². The van der Waals surface area contributed by atoms with Gasteiger partial charge in [0.15, 0.2) is 0 Å². The molecule has 1 aliphatic heterocycles. The van der Waals surface area contributed by atoms with Crippen molar-refractivity contribution in [3.05, 3.63) is 42.4 Å². The molecule has 0 N–H and O–H groups in total. The summed E-state index contributed by atoms with van der Waals surface area (Å²) in [5.74, 6) is 1.08. The number of hydrogen-bond donors (Lipinski definition) is 0. The van der Waals surface area contributed by atoms with Crippen molar-refractivity contribution < 1.29 is 0 Å². The maximum Gasteiger partial charge on any atom is 0.124 e. The number of hydrogen-bond acceptors (Lipinski definition) is 1. The van der Waals surface area contributed by atoms with Gasteiger partial charge in [0.2, 0.25) is 0 Å². The molecule has 3 rings (SSSR count). The molecule has 1 aromatic carbocycles. The summed E-state index contributed by atoms with van der Waals surface area (Å²) in [7, 11) is 0. The van der Waals surface area contributed by atoms with Crippen LogP contribution in [0.4, 0.5) is 0 Å². The van der Waals surface area contributed by atoms with Crippen molar-refractivity contribution >= 4 is 0 Å². The van der Waals surface area contributed by atoms with Crippen LogP contribution in [0.15, 0.2) is 36.5 Å². The first-order chi connectivity index (χ1) is 7.45. The topological polar surface area (TPSA) is 31.9 Å². The van der Waals surface area contributed by atoms with Crippen LogP contribution < -0.4 is 5.32 Å². The summed E-state index contributed by atoms with van der Waals surface area (Å²) >= 11 is 0. The maximum absolute atomic E-state index is 4.40. The third kappa shape index (κ3) is 1.45. The molecule has 2 heterocycles. The summed E-state index contributed by atoms with van der Waals surface area (Å²) in [5, 5.41) is 4.34. The van der Waals surface area contributed by atoms with E-state index < -0.39 is 0 Å². The Labute approximate surface area is 88.8 Å². The lowest BCUT2D eigenvalue weighted by Crippen LogP contribution is -2.23. The van der Waals surface area contributed by atoms with Crippen LogP contribution in [0.3, 0.4) is 0 Å².